The van der Waals surface area contributed by atoms with E-state index in [1.807, 2.05) is 0 Å². The zero-order valence-corrected chi connectivity index (χ0v) is 12.6. The lowest BCUT2D eigenvalue weighted by Gasteiger charge is -2.27. The van der Waals surface area contributed by atoms with Crippen LogP contribution >= 0.6 is 31.9 Å². The lowest BCUT2D eigenvalue weighted by atomic mass is 9.82. The van der Waals surface area contributed by atoms with Gasteiger partial charge in [0.05, 0.1) is 4.47 Å². The first-order valence-corrected chi connectivity index (χ1v) is 7.68. The molecule has 1 aliphatic rings. The van der Waals surface area contributed by atoms with Gasteiger partial charge in [-0.3, -0.25) is 0 Å². The van der Waals surface area contributed by atoms with Gasteiger partial charge in [0.25, 0.3) is 0 Å². The first kappa shape index (κ1) is 13.5. The van der Waals surface area contributed by atoms with Gasteiger partial charge in [-0.2, -0.15) is 0 Å². The van der Waals surface area contributed by atoms with E-state index in [9.17, 15) is 8.78 Å². The number of rotatable bonds is 3. The molecule has 0 heterocycles. The van der Waals surface area contributed by atoms with Gasteiger partial charge in [0.2, 0.25) is 0 Å². The fraction of sp³-hybridized carbons (Fsp3) is 0.538. The predicted octanol–water partition coefficient (Wildman–Crippen LogP) is 5.23. The van der Waals surface area contributed by atoms with Crippen molar-refractivity contribution in [3.63, 3.8) is 0 Å². The van der Waals surface area contributed by atoms with Gasteiger partial charge in [0.15, 0.2) is 0 Å². The van der Waals surface area contributed by atoms with Crippen LogP contribution in [-0.4, -0.2) is 5.33 Å². The highest BCUT2D eigenvalue weighted by atomic mass is 79.9. The lowest BCUT2D eigenvalue weighted by molar-refractivity contribution is 0.334. The quantitative estimate of drug-likeness (QED) is 0.507. The van der Waals surface area contributed by atoms with Crippen molar-refractivity contribution in [3.05, 3.63) is 33.8 Å². The van der Waals surface area contributed by atoms with Crippen LogP contribution in [0.2, 0.25) is 0 Å². The molecule has 0 saturated heterocycles. The molecular weight excluding hydrogens is 354 g/mol. The summed E-state index contributed by atoms with van der Waals surface area (Å²) in [4.78, 5) is 0. The molecule has 0 aromatic heterocycles. The van der Waals surface area contributed by atoms with Crippen molar-refractivity contribution < 1.29 is 8.78 Å². The molecule has 1 saturated carbocycles. The number of hydrogen-bond acceptors (Lipinski definition) is 0. The van der Waals surface area contributed by atoms with Crippen LogP contribution in [0.4, 0.5) is 8.78 Å². The molecule has 1 aromatic carbocycles. The summed E-state index contributed by atoms with van der Waals surface area (Å²) >= 11 is 6.62. The van der Waals surface area contributed by atoms with Crippen molar-refractivity contribution in [3.8, 4) is 0 Å². The summed E-state index contributed by atoms with van der Waals surface area (Å²) in [6.07, 6.45) is 4.88. The molecule has 0 bridgehead atoms. The highest BCUT2D eigenvalue weighted by Crippen LogP contribution is 2.43. The SMILES string of the molecule is Fc1ccc(Br)c(F)c1CC1(CBr)CCCC1. The Balaban J connectivity index is 2.32. The smallest absolute Gasteiger partial charge is 0.143 e. The summed E-state index contributed by atoms with van der Waals surface area (Å²) in [6, 6.07) is 2.75. The Bertz CT molecular complexity index is 412. The van der Waals surface area contributed by atoms with Crippen molar-refractivity contribution >= 4 is 31.9 Å². The van der Waals surface area contributed by atoms with Crippen LogP contribution in [0.15, 0.2) is 16.6 Å². The molecular formula is C13H14Br2F2. The molecule has 4 heteroatoms. The topological polar surface area (TPSA) is 0 Å². The van der Waals surface area contributed by atoms with E-state index in [1.165, 1.54) is 12.1 Å². The minimum Gasteiger partial charge on any atom is -0.207 e. The first-order chi connectivity index (χ1) is 8.08. The fourth-order valence-corrected chi connectivity index (χ4v) is 3.72. The summed E-state index contributed by atoms with van der Waals surface area (Å²) in [5.74, 6) is -0.879. The third-order valence-corrected chi connectivity index (χ3v) is 5.44. The average molecular weight is 368 g/mol. The number of hydrogen-bond donors (Lipinski definition) is 0. The van der Waals surface area contributed by atoms with Gasteiger partial charge in [0.1, 0.15) is 11.6 Å². The fourth-order valence-electron chi connectivity index (χ4n) is 2.59. The van der Waals surface area contributed by atoms with Gasteiger partial charge < -0.3 is 0 Å². The van der Waals surface area contributed by atoms with E-state index in [2.05, 4.69) is 31.9 Å². The van der Waals surface area contributed by atoms with Gasteiger partial charge in [-0.25, -0.2) is 8.78 Å². The Morgan fingerprint density at radius 3 is 2.41 bits per heavy atom. The largest absolute Gasteiger partial charge is 0.207 e. The molecule has 0 radical (unpaired) electrons. The molecule has 1 aromatic rings. The second-order valence-corrected chi connectivity index (χ2v) is 6.25. The lowest BCUT2D eigenvalue weighted by Crippen LogP contribution is -2.23. The van der Waals surface area contributed by atoms with Crippen LogP contribution in [-0.2, 0) is 6.42 Å². The summed E-state index contributed by atoms with van der Waals surface area (Å²) < 4.78 is 28.0. The molecule has 0 atom stereocenters. The molecule has 1 aliphatic carbocycles. The van der Waals surface area contributed by atoms with E-state index in [0.29, 0.717) is 10.9 Å². The molecule has 0 nitrogen and oxygen atoms in total. The molecule has 0 amide bonds. The van der Waals surface area contributed by atoms with E-state index in [0.717, 1.165) is 31.0 Å². The zero-order chi connectivity index (χ0) is 12.5. The molecule has 2 rings (SSSR count). The molecule has 0 unspecified atom stereocenters. The van der Waals surface area contributed by atoms with E-state index >= 15 is 0 Å². The molecule has 0 N–H and O–H groups in total. The minimum absolute atomic E-state index is 0.0302. The van der Waals surface area contributed by atoms with E-state index < -0.39 is 11.6 Å². The van der Waals surface area contributed by atoms with Crippen LogP contribution in [0.1, 0.15) is 31.2 Å². The maximum absolute atomic E-state index is 13.9. The van der Waals surface area contributed by atoms with Gasteiger partial charge in [0, 0.05) is 10.9 Å². The standard InChI is InChI=1S/C13H14Br2F2/c14-8-13(5-1-2-6-13)7-9-11(16)4-3-10(15)12(9)17/h3-4H,1-2,5-8H2. The predicted molar refractivity (Wildman–Crippen MR) is 72.5 cm³/mol. The van der Waals surface area contributed by atoms with E-state index in [1.54, 1.807) is 0 Å². The van der Waals surface area contributed by atoms with Gasteiger partial charge >= 0.3 is 0 Å². The van der Waals surface area contributed by atoms with Crippen LogP contribution in [0, 0.1) is 17.0 Å². The van der Waals surface area contributed by atoms with Crippen molar-refractivity contribution in [2.45, 2.75) is 32.1 Å². The Morgan fingerprint density at radius 2 is 1.82 bits per heavy atom. The zero-order valence-electron chi connectivity index (χ0n) is 9.41. The molecule has 17 heavy (non-hydrogen) atoms. The van der Waals surface area contributed by atoms with Crippen LogP contribution in [0.3, 0.4) is 0 Å². The Morgan fingerprint density at radius 1 is 1.18 bits per heavy atom. The van der Waals surface area contributed by atoms with Crippen LogP contribution < -0.4 is 0 Å². The minimum atomic E-state index is -0.447. The summed E-state index contributed by atoms with van der Waals surface area (Å²) in [7, 11) is 0. The monoisotopic (exact) mass is 366 g/mol. The van der Waals surface area contributed by atoms with E-state index in [-0.39, 0.29) is 11.0 Å². The molecule has 1 fully saturated rings. The van der Waals surface area contributed by atoms with E-state index in [4.69, 9.17) is 0 Å². The second-order valence-electron chi connectivity index (χ2n) is 4.84. The van der Waals surface area contributed by atoms with Crippen LogP contribution in [0.5, 0.6) is 0 Å². The average Bonchev–Trinajstić information content (AvgIpc) is 2.79. The van der Waals surface area contributed by atoms with Gasteiger partial charge in [-0.05, 0) is 52.7 Å². The Hall–Kier alpha value is 0.0400. The number of alkyl halides is 1. The highest BCUT2D eigenvalue weighted by molar-refractivity contribution is 9.10. The maximum Gasteiger partial charge on any atom is 0.143 e. The van der Waals surface area contributed by atoms with Gasteiger partial charge in [-0.1, -0.05) is 28.8 Å². The Kier molecular flexibility index (Phi) is 4.24. The molecule has 0 spiro atoms. The Labute approximate surface area is 117 Å². The first-order valence-electron chi connectivity index (χ1n) is 5.76. The van der Waals surface area contributed by atoms with Crippen molar-refractivity contribution in [2.75, 3.05) is 5.33 Å². The number of benzene rings is 1. The van der Waals surface area contributed by atoms with Gasteiger partial charge in [-0.15, -0.1) is 0 Å². The van der Waals surface area contributed by atoms with Crippen molar-refractivity contribution in [1.29, 1.82) is 0 Å². The van der Waals surface area contributed by atoms with Crippen molar-refractivity contribution in [1.82, 2.24) is 0 Å². The molecule has 0 aliphatic heterocycles. The highest BCUT2D eigenvalue weighted by Gasteiger charge is 2.34. The summed E-state index contributed by atoms with van der Waals surface area (Å²) in [5.41, 5.74) is 0.253. The second kappa shape index (κ2) is 5.35. The maximum atomic E-state index is 13.9. The van der Waals surface area contributed by atoms with Crippen molar-refractivity contribution in [2.24, 2.45) is 5.41 Å². The summed E-state index contributed by atoms with van der Waals surface area (Å²) in [6.45, 7) is 0. The molecule has 94 valence electrons. The normalized spacial score (nSPS) is 18.6. The van der Waals surface area contributed by atoms with Crippen LogP contribution in [0.25, 0.3) is 0 Å². The number of halogens is 4. The summed E-state index contributed by atoms with van der Waals surface area (Å²) in [5, 5.41) is 0.811. The third kappa shape index (κ3) is 2.73. The third-order valence-electron chi connectivity index (χ3n) is 3.64.